The maximum Gasteiger partial charge on any atom is 0.341 e. The van der Waals surface area contributed by atoms with Crippen molar-refractivity contribution in [3.8, 4) is 11.1 Å². The van der Waals surface area contributed by atoms with Crippen molar-refractivity contribution in [2.45, 2.75) is 39.5 Å². The number of methoxy groups -OCH3 is 1. The lowest BCUT2D eigenvalue weighted by atomic mass is 9.89. The Morgan fingerprint density at radius 3 is 2.56 bits per heavy atom. The number of fused-ring (bicyclic) bond motifs is 1. The van der Waals surface area contributed by atoms with Crippen molar-refractivity contribution in [3.63, 3.8) is 0 Å². The molecule has 1 N–H and O–H groups in total. The van der Waals surface area contributed by atoms with Crippen LogP contribution in [-0.2, 0) is 22.4 Å². The number of ether oxygens (including phenoxy) is 1. The zero-order chi connectivity index (χ0) is 18.0. The van der Waals surface area contributed by atoms with Gasteiger partial charge in [-0.05, 0) is 42.4 Å². The molecule has 0 spiro atoms. The fourth-order valence-electron chi connectivity index (χ4n) is 3.12. The number of carbonyl (C=O) groups is 2. The first-order valence-electron chi connectivity index (χ1n) is 8.64. The number of hydrogen-bond acceptors (Lipinski definition) is 4. The summed E-state index contributed by atoms with van der Waals surface area (Å²) in [5.41, 5.74) is 5.03. The van der Waals surface area contributed by atoms with Crippen LogP contribution in [0.2, 0.25) is 0 Å². The van der Waals surface area contributed by atoms with Gasteiger partial charge in [-0.25, -0.2) is 4.79 Å². The van der Waals surface area contributed by atoms with Gasteiger partial charge in [-0.3, -0.25) is 4.79 Å². The lowest BCUT2D eigenvalue weighted by molar-refractivity contribution is -0.118. The maximum atomic E-state index is 12.4. The first kappa shape index (κ1) is 17.7. The minimum Gasteiger partial charge on any atom is -0.465 e. The Bertz CT molecular complexity index is 807. The fraction of sp³-hybridized carbons (Fsp3) is 0.400. The molecule has 25 heavy (non-hydrogen) atoms. The van der Waals surface area contributed by atoms with Crippen molar-refractivity contribution < 1.29 is 14.3 Å². The minimum absolute atomic E-state index is 0.107. The van der Waals surface area contributed by atoms with Crippen LogP contribution in [0.15, 0.2) is 23.6 Å². The van der Waals surface area contributed by atoms with E-state index in [1.54, 1.807) is 0 Å². The minimum atomic E-state index is -0.423. The standard InChI is InChI=1S/C20H23NO3S/c1-12(2)18(22)21-19-17(20(23)24-3)16(11-25-19)15-9-8-13-6-4-5-7-14(13)10-15/h8-12H,4-7H2,1-3H3,(H,21,22). The lowest BCUT2D eigenvalue weighted by Crippen LogP contribution is -2.19. The van der Waals surface area contributed by atoms with Crippen molar-refractivity contribution in [2.75, 3.05) is 12.4 Å². The Kier molecular flexibility index (Phi) is 5.23. The average Bonchev–Trinajstić information content (AvgIpc) is 3.04. The maximum absolute atomic E-state index is 12.4. The summed E-state index contributed by atoms with van der Waals surface area (Å²) >= 11 is 1.37. The van der Waals surface area contributed by atoms with Gasteiger partial charge < -0.3 is 10.1 Å². The molecule has 0 saturated carbocycles. The third-order valence-electron chi connectivity index (χ3n) is 4.60. The van der Waals surface area contributed by atoms with Gasteiger partial charge >= 0.3 is 5.97 Å². The van der Waals surface area contributed by atoms with E-state index in [1.807, 2.05) is 19.2 Å². The molecule has 0 atom stereocenters. The molecule has 1 aliphatic rings. The topological polar surface area (TPSA) is 55.4 Å². The third kappa shape index (κ3) is 3.61. The van der Waals surface area contributed by atoms with Gasteiger partial charge in [-0.2, -0.15) is 0 Å². The van der Waals surface area contributed by atoms with Crippen molar-refractivity contribution in [2.24, 2.45) is 5.92 Å². The summed E-state index contributed by atoms with van der Waals surface area (Å²) in [4.78, 5) is 24.4. The first-order valence-corrected chi connectivity index (χ1v) is 9.52. The summed E-state index contributed by atoms with van der Waals surface area (Å²) in [6.45, 7) is 3.65. The SMILES string of the molecule is COC(=O)c1c(-c2ccc3c(c2)CCCC3)csc1NC(=O)C(C)C. The van der Waals surface area contributed by atoms with Gasteiger partial charge in [-0.1, -0.05) is 32.0 Å². The number of thiophene rings is 1. The highest BCUT2D eigenvalue weighted by atomic mass is 32.1. The number of aryl methyl sites for hydroxylation is 2. The summed E-state index contributed by atoms with van der Waals surface area (Å²) in [5, 5.41) is 5.33. The van der Waals surface area contributed by atoms with Crippen LogP contribution in [0.1, 0.15) is 48.2 Å². The normalized spacial score (nSPS) is 13.4. The van der Waals surface area contributed by atoms with E-state index in [1.165, 1.54) is 42.4 Å². The Hall–Kier alpha value is -2.14. The summed E-state index contributed by atoms with van der Waals surface area (Å²) in [6.07, 6.45) is 4.65. The number of hydrogen-bond donors (Lipinski definition) is 1. The summed E-state index contributed by atoms with van der Waals surface area (Å²) in [6, 6.07) is 6.40. The highest BCUT2D eigenvalue weighted by molar-refractivity contribution is 7.15. The molecule has 0 saturated heterocycles. The molecular formula is C20H23NO3S. The number of rotatable bonds is 4. The molecule has 0 radical (unpaired) electrons. The molecule has 1 aliphatic carbocycles. The average molecular weight is 357 g/mol. The van der Waals surface area contributed by atoms with E-state index in [0.717, 1.165) is 24.0 Å². The largest absolute Gasteiger partial charge is 0.465 e. The van der Waals surface area contributed by atoms with Crippen LogP contribution >= 0.6 is 11.3 Å². The predicted molar refractivity (Wildman–Crippen MR) is 101 cm³/mol. The van der Waals surface area contributed by atoms with Crippen LogP contribution in [-0.4, -0.2) is 19.0 Å². The van der Waals surface area contributed by atoms with Gasteiger partial charge in [0.2, 0.25) is 5.91 Å². The molecule has 1 aromatic carbocycles. The van der Waals surface area contributed by atoms with E-state index in [4.69, 9.17) is 4.74 Å². The zero-order valence-electron chi connectivity index (χ0n) is 14.8. The van der Waals surface area contributed by atoms with E-state index in [9.17, 15) is 9.59 Å². The van der Waals surface area contributed by atoms with Crippen LogP contribution in [0.3, 0.4) is 0 Å². The zero-order valence-corrected chi connectivity index (χ0v) is 15.7. The molecule has 3 rings (SSSR count). The van der Waals surface area contributed by atoms with E-state index < -0.39 is 5.97 Å². The number of anilines is 1. The molecular weight excluding hydrogens is 334 g/mol. The van der Waals surface area contributed by atoms with Gasteiger partial charge in [-0.15, -0.1) is 11.3 Å². The smallest absolute Gasteiger partial charge is 0.341 e. The monoisotopic (exact) mass is 357 g/mol. The van der Waals surface area contributed by atoms with Crippen molar-refractivity contribution in [1.29, 1.82) is 0 Å². The van der Waals surface area contributed by atoms with Gasteiger partial charge in [0.25, 0.3) is 0 Å². The van der Waals surface area contributed by atoms with Crippen LogP contribution in [0.4, 0.5) is 5.00 Å². The van der Waals surface area contributed by atoms with Crippen molar-refractivity contribution in [1.82, 2.24) is 0 Å². The Morgan fingerprint density at radius 1 is 1.16 bits per heavy atom. The molecule has 2 aromatic rings. The van der Waals surface area contributed by atoms with E-state index in [2.05, 4.69) is 23.5 Å². The first-order chi connectivity index (χ1) is 12.0. The molecule has 0 fully saturated rings. The Labute approximate surface area is 152 Å². The second kappa shape index (κ2) is 7.40. The molecule has 1 heterocycles. The highest BCUT2D eigenvalue weighted by Crippen LogP contribution is 2.37. The number of esters is 1. The van der Waals surface area contributed by atoms with Gasteiger partial charge in [0.1, 0.15) is 10.6 Å². The second-order valence-corrected chi connectivity index (χ2v) is 7.56. The van der Waals surface area contributed by atoms with Crippen LogP contribution in [0.5, 0.6) is 0 Å². The molecule has 4 nitrogen and oxygen atoms in total. The molecule has 1 aromatic heterocycles. The number of amides is 1. The van der Waals surface area contributed by atoms with E-state index >= 15 is 0 Å². The molecule has 0 aliphatic heterocycles. The summed E-state index contributed by atoms with van der Waals surface area (Å²) < 4.78 is 4.97. The van der Waals surface area contributed by atoms with Gasteiger partial charge in [0.05, 0.1) is 7.11 Å². The van der Waals surface area contributed by atoms with Crippen LogP contribution in [0, 0.1) is 5.92 Å². The highest BCUT2D eigenvalue weighted by Gasteiger charge is 2.23. The van der Waals surface area contributed by atoms with Crippen molar-refractivity contribution >= 4 is 28.2 Å². The van der Waals surface area contributed by atoms with Gasteiger partial charge in [0, 0.05) is 16.9 Å². The van der Waals surface area contributed by atoms with Crippen LogP contribution in [0.25, 0.3) is 11.1 Å². The Balaban J connectivity index is 2.02. The molecule has 132 valence electrons. The number of carbonyl (C=O) groups excluding carboxylic acids is 2. The van der Waals surface area contributed by atoms with Crippen LogP contribution < -0.4 is 5.32 Å². The molecule has 1 amide bonds. The summed E-state index contributed by atoms with van der Waals surface area (Å²) in [7, 11) is 1.37. The fourth-order valence-corrected chi connectivity index (χ4v) is 4.08. The van der Waals surface area contributed by atoms with E-state index in [0.29, 0.717) is 10.6 Å². The predicted octanol–water partition coefficient (Wildman–Crippen LogP) is 4.68. The Morgan fingerprint density at radius 2 is 1.88 bits per heavy atom. The van der Waals surface area contributed by atoms with Gasteiger partial charge in [0.15, 0.2) is 0 Å². The third-order valence-corrected chi connectivity index (χ3v) is 5.50. The lowest BCUT2D eigenvalue weighted by Gasteiger charge is -2.17. The molecule has 5 heteroatoms. The number of benzene rings is 1. The quantitative estimate of drug-likeness (QED) is 0.809. The summed E-state index contributed by atoms with van der Waals surface area (Å²) in [5.74, 6) is -0.684. The van der Waals surface area contributed by atoms with E-state index in [-0.39, 0.29) is 11.8 Å². The number of nitrogens with one attached hydrogen (secondary N) is 1. The molecule has 0 unspecified atom stereocenters. The second-order valence-electron chi connectivity index (χ2n) is 6.68. The molecule has 0 bridgehead atoms. The van der Waals surface area contributed by atoms with Crippen molar-refractivity contribution in [3.05, 3.63) is 40.3 Å².